The molecule has 0 aliphatic heterocycles. The number of benzene rings is 1. The van der Waals surface area contributed by atoms with Crippen LogP contribution < -0.4 is 10.6 Å². The Morgan fingerprint density at radius 1 is 1.03 bits per heavy atom. The summed E-state index contributed by atoms with van der Waals surface area (Å²) in [7, 11) is 0. The van der Waals surface area contributed by atoms with Gasteiger partial charge in [-0.3, -0.25) is 9.59 Å². The van der Waals surface area contributed by atoms with E-state index in [0.29, 0.717) is 17.7 Å². The molecule has 194 valence electrons. The van der Waals surface area contributed by atoms with Crippen molar-refractivity contribution in [2.45, 2.75) is 98.4 Å². The molecule has 7 heteroatoms. The monoisotopic (exact) mass is 485 g/mol. The summed E-state index contributed by atoms with van der Waals surface area (Å²) in [6.45, 7) is 15.2. The van der Waals surface area contributed by atoms with Crippen molar-refractivity contribution in [2.24, 2.45) is 5.92 Å². The first kappa shape index (κ1) is 30.0. The van der Waals surface area contributed by atoms with E-state index in [4.69, 9.17) is 11.2 Å². The van der Waals surface area contributed by atoms with Gasteiger partial charge in [-0.25, -0.2) is 4.79 Å². The van der Waals surface area contributed by atoms with Crippen LogP contribution in [0.15, 0.2) is 24.3 Å². The van der Waals surface area contributed by atoms with Gasteiger partial charge < -0.3 is 20.3 Å². The molecular weight excluding hydrogens is 442 g/mol. The van der Waals surface area contributed by atoms with Crippen LogP contribution in [0.25, 0.3) is 0 Å². The molecule has 0 heterocycles. The van der Waals surface area contributed by atoms with E-state index in [-0.39, 0.29) is 23.8 Å². The minimum absolute atomic E-state index is 0.108. The first-order chi connectivity index (χ1) is 16.3. The SMILES string of the molecule is C#Cc1ccc(C(C(=O)NC(C)C)N(CCCCC)C(=O)C(NC(=O)OC(C)(C)C)C(C)C)cc1. The van der Waals surface area contributed by atoms with E-state index in [0.717, 1.165) is 19.3 Å². The highest BCUT2D eigenvalue weighted by atomic mass is 16.6. The van der Waals surface area contributed by atoms with Gasteiger partial charge >= 0.3 is 6.09 Å². The fourth-order valence-corrected chi connectivity index (χ4v) is 3.62. The normalized spacial score (nSPS) is 13.1. The Balaban J connectivity index is 3.46. The van der Waals surface area contributed by atoms with Crippen LogP contribution in [0.3, 0.4) is 0 Å². The predicted octanol–water partition coefficient (Wildman–Crippen LogP) is 4.80. The highest BCUT2D eigenvalue weighted by Gasteiger charge is 2.37. The Labute approximate surface area is 211 Å². The number of terminal acetylenes is 1. The molecule has 0 aliphatic rings. The summed E-state index contributed by atoms with van der Waals surface area (Å²) in [5.74, 6) is 1.75. The molecule has 0 spiro atoms. The maximum Gasteiger partial charge on any atom is 0.408 e. The molecule has 3 amide bonds. The number of carbonyl (C=O) groups excluding carboxylic acids is 3. The summed E-state index contributed by atoms with van der Waals surface area (Å²) in [6.07, 6.45) is 7.44. The van der Waals surface area contributed by atoms with Gasteiger partial charge in [-0.05, 0) is 64.7 Å². The zero-order valence-corrected chi connectivity index (χ0v) is 22.6. The fraction of sp³-hybridized carbons (Fsp3) is 0.607. The lowest BCUT2D eigenvalue weighted by Crippen LogP contribution is -2.55. The minimum Gasteiger partial charge on any atom is -0.444 e. The topological polar surface area (TPSA) is 87.7 Å². The Bertz CT molecular complexity index is 879. The lowest BCUT2D eigenvalue weighted by molar-refractivity contribution is -0.143. The molecule has 1 aromatic carbocycles. The van der Waals surface area contributed by atoms with Gasteiger partial charge in [0.05, 0.1) is 0 Å². The van der Waals surface area contributed by atoms with Crippen molar-refractivity contribution in [3.05, 3.63) is 35.4 Å². The predicted molar refractivity (Wildman–Crippen MR) is 140 cm³/mol. The number of nitrogens with one attached hydrogen (secondary N) is 2. The van der Waals surface area contributed by atoms with E-state index in [9.17, 15) is 14.4 Å². The Hall–Kier alpha value is -3.01. The summed E-state index contributed by atoms with van der Waals surface area (Å²) < 4.78 is 5.40. The molecule has 2 N–H and O–H groups in total. The largest absolute Gasteiger partial charge is 0.444 e. The molecule has 1 aromatic rings. The molecule has 2 unspecified atom stereocenters. The van der Waals surface area contributed by atoms with E-state index in [2.05, 4.69) is 23.5 Å². The Morgan fingerprint density at radius 2 is 1.63 bits per heavy atom. The van der Waals surface area contributed by atoms with E-state index in [1.807, 2.05) is 27.7 Å². The molecular formula is C28H43N3O4. The van der Waals surface area contributed by atoms with Crippen LogP contribution in [0, 0.1) is 18.3 Å². The van der Waals surface area contributed by atoms with Crippen LogP contribution in [-0.4, -0.2) is 47.0 Å². The van der Waals surface area contributed by atoms with E-state index >= 15 is 0 Å². The lowest BCUT2D eigenvalue weighted by atomic mass is 9.97. The molecule has 1 rings (SSSR count). The van der Waals surface area contributed by atoms with Gasteiger partial charge in [0, 0.05) is 18.2 Å². The van der Waals surface area contributed by atoms with Crippen molar-refractivity contribution >= 4 is 17.9 Å². The Kier molecular flexibility index (Phi) is 11.8. The van der Waals surface area contributed by atoms with E-state index < -0.39 is 23.8 Å². The molecule has 2 atom stereocenters. The number of alkyl carbamates (subject to hydrolysis) is 1. The second-order valence-corrected chi connectivity index (χ2v) is 10.4. The number of nitrogens with zero attached hydrogens (tertiary/aromatic N) is 1. The highest BCUT2D eigenvalue weighted by molar-refractivity contribution is 5.92. The number of hydrogen-bond acceptors (Lipinski definition) is 4. The minimum atomic E-state index is -0.865. The molecule has 0 saturated carbocycles. The summed E-state index contributed by atoms with van der Waals surface area (Å²) in [5, 5.41) is 5.69. The quantitative estimate of drug-likeness (QED) is 0.348. The third kappa shape index (κ3) is 10.0. The average molecular weight is 486 g/mol. The summed E-state index contributed by atoms with van der Waals surface area (Å²) >= 11 is 0. The number of rotatable bonds is 11. The fourth-order valence-electron chi connectivity index (χ4n) is 3.62. The van der Waals surface area contributed by atoms with Crippen LogP contribution in [0.5, 0.6) is 0 Å². The molecule has 0 aromatic heterocycles. The third-order valence-corrected chi connectivity index (χ3v) is 5.27. The summed E-state index contributed by atoms with van der Waals surface area (Å²) in [6, 6.07) is 5.26. The van der Waals surface area contributed by atoms with Gasteiger partial charge in [-0.1, -0.05) is 51.7 Å². The number of unbranched alkanes of at least 4 members (excludes halogenated alkanes) is 2. The van der Waals surface area contributed by atoms with Gasteiger partial charge in [0.15, 0.2) is 0 Å². The van der Waals surface area contributed by atoms with E-state index in [1.54, 1.807) is 49.9 Å². The van der Waals surface area contributed by atoms with Crippen molar-refractivity contribution < 1.29 is 19.1 Å². The first-order valence-corrected chi connectivity index (χ1v) is 12.5. The van der Waals surface area contributed by atoms with Crippen molar-refractivity contribution in [1.82, 2.24) is 15.5 Å². The molecule has 0 fully saturated rings. The van der Waals surface area contributed by atoms with Crippen molar-refractivity contribution in [3.8, 4) is 12.3 Å². The van der Waals surface area contributed by atoms with Gasteiger partial charge in [0.25, 0.3) is 0 Å². The molecule has 0 bridgehead atoms. The zero-order chi connectivity index (χ0) is 26.8. The van der Waals surface area contributed by atoms with Crippen LogP contribution in [0.1, 0.15) is 91.8 Å². The highest BCUT2D eigenvalue weighted by Crippen LogP contribution is 2.25. The molecule has 0 saturated heterocycles. The van der Waals surface area contributed by atoms with Gasteiger partial charge in [-0.15, -0.1) is 6.42 Å². The van der Waals surface area contributed by atoms with Gasteiger partial charge in [0.1, 0.15) is 17.7 Å². The second kappa shape index (κ2) is 13.8. The smallest absolute Gasteiger partial charge is 0.408 e. The average Bonchev–Trinajstić information content (AvgIpc) is 2.75. The van der Waals surface area contributed by atoms with Crippen LogP contribution in [0.4, 0.5) is 4.79 Å². The van der Waals surface area contributed by atoms with Crippen molar-refractivity contribution in [2.75, 3.05) is 6.54 Å². The maximum absolute atomic E-state index is 14.0. The molecule has 7 nitrogen and oxygen atoms in total. The lowest BCUT2D eigenvalue weighted by Gasteiger charge is -2.36. The molecule has 35 heavy (non-hydrogen) atoms. The third-order valence-electron chi connectivity index (χ3n) is 5.27. The van der Waals surface area contributed by atoms with Crippen LogP contribution >= 0.6 is 0 Å². The van der Waals surface area contributed by atoms with Crippen molar-refractivity contribution in [1.29, 1.82) is 0 Å². The Morgan fingerprint density at radius 3 is 2.09 bits per heavy atom. The number of hydrogen-bond donors (Lipinski definition) is 2. The van der Waals surface area contributed by atoms with Gasteiger partial charge in [-0.2, -0.15) is 0 Å². The number of amides is 3. The van der Waals surface area contributed by atoms with Crippen molar-refractivity contribution in [3.63, 3.8) is 0 Å². The number of carbonyl (C=O) groups is 3. The standard InChI is InChI=1S/C28H43N3O4/c1-10-12-13-18-31(26(33)23(19(3)4)30-27(34)35-28(7,8)9)24(25(32)29-20(5)6)22-16-14-21(11-2)15-17-22/h2,14-17,19-20,23-24H,10,12-13,18H2,1,3-9H3,(H,29,32)(H,30,34). The van der Waals surface area contributed by atoms with Crippen LogP contribution in [-0.2, 0) is 14.3 Å². The first-order valence-electron chi connectivity index (χ1n) is 12.5. The zero-order valence-electron chi connectivity index (χ0n) is 22.6. The summed E-state index contributed by atoms with van der Waals surface area (Å²) in [4.78, 5) is 41.5. The van der Waals surface area contributed by atoms with Crippen LogP contribution in [0.2, 0.25) is 0 Å². The molecule has 0 aliphatic carbocycles. The summed E-state index contributed by atoms with van der Waals surface area (Å²) in [5.41, 5.74) is 0.646. The van der Waals surface area contributed by atoms with E-state index in [1.165, 1.54) is 0 Å². The molecule has 0 radical (unpaired) electrons. The second-order valence-electron chi connectivity index (χ2n) is 10.4. The van der Waals surface area contributed by atoms with Gasteiger partial charge in [0.2, 0.25) is 11.8 Å². The number of ether oxygens (including phenoxy) is 1. The maximum atomic E-state index is 14.0.